The molecule has 0 spiro atoms. The lowest BCUT2D eigenvalue weighted by Crippen LogP contribution is -2.44. The summed E-state index contributed by atoms with van der Waals surface area (Å²) in [6, 6.07) is 5.67. The maximum Gasteiger partial charge on any atom is 0.329 e. The zero-order chi connectivity index (χ0) is 31.8. The van der Waals surface area contributed by atoms with Crippen LogP contribution in [-0.4, -0.2) is 57.9 Å². The number of nitrogens with one attached hydrogen (secondary N) is 3. The number of aromatic nitrogens is 2. The third-order valence-corrected chi connectivity index (χ3v) is 5.38. The number of nitrogens with two attached hydrogens (primary N) is 2. The first-order chi connectivity index (χ1) is 19.3. The van der Waals surface area contributed by atoms with Crippen LogP contribution in [0.4, 0.5) is 11.5 Å². The molecule has 0 aliphatic carbocycles. The van der Waals surface area contributed by atoms with Gasteiger partial charge in [0.25, 0.3) is 5.91 Å². The number of amidine groups is 1. The highest BCUT2D eigenvalue weighted by Crippen LogP contribution is 2.19. The van der Waals surface area contributed by atoms with E-state index in [0.29, 0.717) is 17.8 Å². The molecule has 13 heteroatoms. The molecule has 1 heterocycles. The molecule has 1 aromatic carbocycles. The summed E-state index contributed by atoms with van der Waals surface area (Å²) in [7, 11) is 1.83. The van der Waals surface area contributed by atoms with Crippen molar-refractivity contribution in [3.63, 3.8) is 0 Å². The SMILES string of the molecule is C=C(N)Nc1ncc(CN(C)c2ccc(C(=O)NC(CCC(=O)OC(C)(C)C)C(=O)OC(C)(C)C)cc2)nc1C(=N)N. The Bertz CT molecular complexity index is 1310. The minimum atomic E-state index is -1.05. The lowest BCUT2D eigenvalue weighted by Gasteiger charge is -2.25. The molecular formula is C29H42N8O5. The number of anilines is 2. The molecule has 7 N–H and O–H groups in total. The van der Waals surface area contributed by atoms with Gasteiger partial charge in [-0.15, -0.1) is 0 Å². The van der Waals surface area contributed by atoms with Gasteiger partial charge in [0.1, 0.15) is 28.8 Å². The zero-order valence-corrected chi connectivity index (χ0v) is 25.3. The van der Waals surface area contributed by atoms with Crippen molar-refractivity contribution in [2.75, 3.05) is 17.3 Å². The normalized spacial score (nSPS) is 12.1. The number of carbonyl (C=O) groups excluding carboxylic acids is 3. The molecule has 2 aromatic rings. The molecular weight excluding hydrogens is 540 g/mol. The predicted molar refractivity (Wildman–Crippen MR) is 161 cm³/mol. The standard InChI is InChI=1S/C29H42N8O5/c1-17(30)34-25-23(24(31)32)35-19(15-33-25)16-37(8)20-11-9-18(10-12-20)26(39)36-21(27(40)42-29(5,6)7)13-14-22(38)41-28(2,3)4/h9-12,15,21H,1,13-14,16,30H2,2-8H3,(H3,31,32)(H,33,34)(H,36,39). The molecule has 1 unspecified atom stereocenters. The Labute approximate surface area is 246 Å². The molecule has 0 saturated heterocycles. The topological polar surface area (TPSA) is 199 Å². The van der Waals surface area contributed by atoms with E-state index in [1.807, 2.05) is 11.9 Å². The molecule has 0 saturated carbocycles. The van der Waals surface area contributed by atoms with Crippen LogP contribution in [0.1, 0.15) is 76.1 Å². The Morgan fingerprint density at radius 1 is 1.05 bits per heavy atom. The van der Waals surface area contributed by atoms with Crippen LogP contribution < -0.4 is 27.0 Å². The molecule has 1 atom stereocenters. The largest absolute Gasteiger partial charge is 0.460 e. The van der Waals surface area contributed by atoms with Crippen molar-refractivity contribution in [3.8, 4) is 0 Å². The average molecular weight is 583 g/mol. The minimum absolute atomic E-state index is 0.0212. The van der Waals surface area contributed by atoms with Gasteiger partial charge < -0.3 is 36.5 Å². The third-order valence-electron chi connectivity index (χ3n) is 5.38. The Morgan fingerprint density at radius 2 is 1.64 bits per heavy atom. The van der Waals surface area contributed by atoms with Gasteiger partial charge in [-0.2, -0.15) is 0 Å². The molecule has 42 heavy (non-hydrogen) atoms. The van der Waals surface area contributed by atoms with Crippen LogP contribution in [0.3, 0.4) is 0 Å². The summed E-state index contributed by atoms with van der Waals surface area (Å²) in [5, 5.41) is 13.2. The highest BCUT2D eigenvalue weighted by atomic mass is 16.6. The fraction of sp³-hybridized carbons (Fsp3) is 0.448. The van der Waals surface area contributed by atoms with Gasteiger partial charge in [-0.05, 0) is 72.2 Å². The van der Waals surface area contributed by atoms with Crippen molar-refractivity contribution in [1.29, 1.82) is 5.41 Å². The maximum absolute atomic E-state index is 13.1. The molecule has 0 fully saturated rings. The first-order valence-corrected chi connectivity index (χ1v) is 13.3. The molecule has 1 aromatic heterocycles. The van der Waals surface area contributed by atoms with E-state index in [1.54, 1.807) is 65.8 Å². The summed E-state index contributed by atoms with van der Waals surface area (Å²) in [6.45, 7) is 14.3. The maximum atomic E-state index is 13.1. The highest BCUT2D eigenvalue weighted by molar-refractivity contribution is 5.98. The summed E-state index contributed by atoms with van der Waals surface area (Å²) in [4.78, 5) is 48.7. The number of nitrogen functional groups attached to an aromatic ring is 1. The number of nitrogens with zero attached hydrogens (tertiary/aromatic N) is 3. The van der Waals surface area contributed by atoms with Gasteiger partial charge in [0.15, 0.2) is 5.82 Å². The average Bonchev–Trinajstić information content (AvgIpc) is 2.84. The van der Waals surface area contributed by atoms with Crippen molar-refractivity contribution in [2.24, 2.45) is 11.5 Å². The minimum Gasteiger partial charge on any atom is -0.460 e. The number of hydrogen-bond acceptors (Lipinski definition) is 11. The number of esters is 2. The van der Waals surface area contributed by atoms with Crippen molar-refractivity contribution >= 4 is 35.2 Å². The second-order valence-corrected chi connectivity index (χ2v) is 11.7. The van der Waals surface area contributed by atoms with Gasteiger partial charge in [-0.1, -0.05) is 6.58 Å². The van der Waals surface area contributed by atoms with Crippen LogP contribution in [0.25, 0.3) is 0 Å². The number of amides is 1. The molecule has 0 aliphatic heterocycles. The molecule has 2 rings (SSSR count). The van der Waals surface area contributed by atoms with E-state index in [9.17, 15) is 14.4 Å². The van der Waals surface area contributed by atoms with Crippen molar-refractivity contribution in [2.45, 2.75) is 78.2 Å². The second kappa shape index (κ2) is 13.8. The fourth-order valence-corrected chi connectivity index (χ4v) is 3.65. The highest BCUT2D eigenvalue weighted by Gasteiger charge is 2.28. The monoisotopic (exact) mass is 582 g/mol. The number of hydrogen-bond donors (Lipinski definition) is 5. The van der Waals surface area contributed by atoms with E-state index in [2.05, 4.69) is 27.2 Å². The Morgan fingerprint density at radius 3 is 2.17 bits per heavy atom. The Hall–Kier alpha value is -4.68. The number of benzene rings is 1. The van der Waals surface area contributed by atoms with Crippen LogP contribution in [0.5, 0.6) is 0 Å². The molecule has 13 nitrogen and oxygen atoms in total. The first-order valence-electron chi connectivity index (χ1n) is 13.3. The van der Waals surface area contributed by atoms with Crippen LogP contribution in [-0.2, 0) is 25.6 Å². The smallest absolute Gasteiger partial charge is 0.329 e. The van der Waals surface area contributed by atoms with Crippen LogP contribution in [0.15, 0.2) is 42.9 Å². The van der Waals surface area contributed by atoms with Crippen molar-refractivity contribution in [1.82, 2.24) is 15.3 Å². The second-order valence-electron chi connectivity index (χ2n) is 11.7. The molecule has 228 valence electrons. The van der Waals surface area contributed by atoms with E-state index in [4.69, 9.17) is 26.4 Å². The van der Waals surface area contributed by atoms with E-state index in [1.165, 1.54) is 6.20 Å². The summed E-state index contributed by atoms with van der Waals surface area (Å²) < 4.78 is 10.8. The van der Waals surface area contributed by atoms with Crippen molar-refractivity contribution in [3.05, 3.63) is 59.8 Å². The summed E-state index contributed by atoms with van der Waals surface area (Å²) in [5.74, 6) is -1.52. The van der Waals surface area contributed by atoms with Gasteiger partial charge in [0.2, 0.25) is 0 Å². The summed E-state index contributed by atoms with van der Waals surface area (Å²) in [6.07, 6.45) is 1.48. The molecule has 0 aliphatic rings. The number of ether oxygens (including phenoxy) is 2. The van der Waals surface area contributed by atoms with Crippen LogP contribution >= 0.6 is 0 Å². The van der Waals surface area contributed by atoms with Gasteiger partial charge in [0.05, 0.1) is 24.3 Å². The van der Waals surface area contributed by atoms with E-state index < -0.39 is 35.1 Å². The number of rotatable bonds is 12. The van der Waals surface area contributed by atoms with E-state index >= 15 is 0 Å². The molecule has 1 amide bonds. The van der Waals surface area contributed by atoms with Gasteiger partial charge >= 0.3 is 11.9 Å². The van der Waals surface area contributed by atoms with Crippen LogP contribution in [0.2, 0.25) is 0 Å². The first kappa shape index (κ1) is 33.5. The molecule has 0 bridgehead atoms. The third kappa shape index (κ3) is 11.1. The quantitative estimate of drug-likeness (QED) is 0.140. The number of carbonyl (C=O) groups is 3. The predicted octanol–water partition coefficient (Wildman–Crippen LogP) is 2.80. The van der Waals surface area contributed by atoms with Gasteiger partial charge in [-0.3, -0.25) is 15.0 Å². The van der Waals surface area contributed by atoms with Gasteiger partial charge in [0, 0.05) is 24.7 Å². The Balaban J connectivity index is 2.13. The van der Waals surface area contributed by atoms with Crippen molar-refractivity contribution < 1.29 is 23.9 Å². The van der Waals surface area contributed by atoms with Crippen LogP contribution in [0, 0.1) is 5.41 Å². The van der Waals surface area contributed by atoms with E-state index in [-0.39, 0.29) is 36.0 Å². The zero-order valence-electron chi connectivity index (χ0n) is 25.3. The molecule has 0 radical (unpaired) electrons. The van der Waals surface area contributed by atoms with Gasteiger partial charge in [-0.25, -0.2) is 14.8 Å². The summed E-state index contributed by atoms with van der Waals surface area (Å²) in [5.41, 5.74) is 11.6. The van der Waals surface area contributed by atoms with E-state index in [0.717, 1.165) is 5.69 Å². The fourth-order valence-electron chi connectivity index (χ4n) is 3.65. The lowest BCUT2D eigenvalue weighted by atomic mass is 10.1. The summed E-state index contributed by atoms with van der Waals surface area (Å²) >= 11 is 0. The Kier molecular flexibility index (Phi) is 11.0. The lowest BCUT2D eigenvalue weighted by molar-refractivity contribution is -0.158.